The number of carbonyl (C=O) groups is 2. The Kier molecular flexibility index (Phi) is 8.86. The SMILES string of the molecule is COc1cc(/C=N\NC(=O)C(=O)NCc2ccc(Cl)cc2)ccc1OCc1ccc(Br)cc1. The highest BCUT2D eigenvalue weighted by molar-refractivity contribution is 9.10. The molecule has 2 N–H and O–H groups in total. The van der Waals surface area contributed by atoms with Gasteiger partial charge in [0, 0.05) is 16.0 Å². The summed E-state index contributed by atoms with van der Waals surface area (Å²) in [6.07, 6.45) is 1.41. The average molecular weight is 531 g/mol. The number of amides is 2. The highest BCUT2D eigenvalue weighted by atomic mass is 79.9. The first-order chi connectivity index (χ1) is 15.9. The van der Waals surface area contributed by atoms with Gasteiger partial charge in [0.15, 0.2) is 11.5 Å². The van der Waals surface area contributed by atoms with Gasteiger partial charge in [-0.05, 0) is 59.2 Å². The number of hydrogen-bond acceptors (Lipinski definition) is 5. The number of hydrogen-bond donors (Lipinski definition) is 2. The molecule has 3 aromatic carbocycles. The van der Waals surface area contributed by atoms with Gasteiger partial charge in [0.2, 0.25) is 0 Å². The minimum absolute atomic E-state index is 0.200. The molecule has 3 aromatic rings. The van der Waals surface area contributed by atoms with E-state index in [1.165, 1.54) is 13.3 Å². The van der Waals surface area contributed by atoms with Gasteiger partial charge in [0.05, 0.1) is 13.3 Å². The molecule has 0 saturated carbocycles. The van der Waals surface area contributed by atoms with Crippen LogP contribution in [0.25, 0.3) is 0 Å². The molecule has 0 bridgehead atoms. The van der Waals surface area contributed by atoms with Crippen LogP contribution in [0.15, 0.2) is 76.3 Å². The zero-order valence-electron chi connectivity index (χ0n) is 17.7. The summed E-state index contributed by atoms with van der Waals surface area (Å²) in [6.45, 7) is 0.588. The second-order valence-corrected chi connectivity index (χ2v) is 8.19. The largest absolute Gasteiger partial charge is 0.493 e. The lowest BCUT2D eigenvalue weighted by Gasteiger charge is -2.11. The summed E-state index contributed by atoms with van der Waals surface area (Å²) >= 11 is 9.23. The van der Waals surface area contributed by atoms with Gasteiger partial charge in [0.25, 0.3) is 0 Å². The molecule has 0 aliphatic rings. The lowest BCUT2D eigenvalue weighted by molar-refractivity contribution is -0.139. The second kappa shape index (κ2) is 12.0. The van der Waals surface area contributed by atoms with Crippen molar-refractivity contribution in [2.45, 2.75) is 13.2 Å². The smallest absolute Gasteiger partial charge is 0.329 e. The molecule has 33 heavy (non-hydrogen) atoms. The fraction of sp³-hybridized carbons (Fsp3) is 0.125. The number of nitrogens with one attached hydrogen (secondary N) is 2. The first-order valence-corrected chi connectivity index (χ1v) is 11.0. The van der Waals surface area contributed by atoms with Crippen LogP contribution in [0.3, 0.4) is 0 Å². The number of ether oxygens (including phenoxy) is 2. The van der Waals surface area contributed by atoms with Gasteiger partial charge in [0.1, 0.15) is 6.61 Å². The lowest BCUT2D eigenvalue weighted by atomic mass is 10.2. The molecule has 2 amide bonds. The summed E-state index contributed by atoms with van der Waals surface area (Å²) in [4.78, 5) is 23.8. The van der Waals surface area contributed by atoms with Crippen LogP contribution in [0.5, 0.6) is 11.5 Å². The third kappa shape index (κ3) is 7.62. The number of benzene rings is 3. The van der Waals surface area contributed by atoms with Gasteiger partial charge in [-0.25, -0.2) is 5.43 Å². The molecule has 0 radical (unpaired) electrons. The van der Waals surface area contributed by atoms with E-state index >= 15 is 0 Å². The summed E-state index contributed by atoms with van der Waals surface area (Å²) in [5, 5.41) is 6.94. The van der Waals surface area contributed by atoms with Crippen LogP contribution in [0, 0.1) is 0 Å². The fourth-order valence-corrected chi connectivity index (χ4v) is 3.10. The highest BCUT2D eigenvalue weighted by Gasteiger charge is 2.12. The summed E-state index contributed by atoms with van der Waals surface area (Å²) in [7, 11) is 1.54. The van der Waals surface area contributed by atoms with E-state index in [0.717, 1.165) is 15.6 Å². The Balaban J connectivity index is 1.51. The normalized spacial score (nSPS) is 10.6. The summed E-state index contributed by atoms with van der Waals surface area (Å²) in [5.41, 5.74) is 4.69. The molecule has 0 fully saturated rings. The van der Waals surface area contributed by atoms with Crippen molar-refractivity contribution in [3.05, 3.63) is 92.9 Å². The van der Waals surface area contributed by atoms with E-state index in [4.69, 9.17) is 21.1 Å². The van der Waals surface area contributed by atoms with E-state index in [1.807, 2.05) is 24.3 Å². The van der Waals surface area contributed by atoms with Crippen LogP contribution in [-0.2, 0) is 22.7 Å². The van der Waals surface area contributed by atoms with Crippen molar-refractivity contribution in [3.63, 3.8) is 0 Å². The van der Waals surface area contributed by atoms with Crippen molar-refractivity contribution in [2.24, 2.45) is 5.10 Å². The Bertz CT molecular complexity index is 1140. The van der Waals surface area contributed by atoms with Gasteiger partial charge in [-0.15, -0.1) is 0 Å². The molecule has 7 nitrogen and oxygen atoms in total. The molecule has 170 valence electrons. The van der Waals surface area contributed by atoms with Crippen LogP contribution in [0.4, 0.5) is 0 Å². The van der Waals surface area contributed by atoms with Crippen molar-refractivity contribution in [1.82, 2.24) is 10.7 Å². The Morgan fingerprint density at radius 1 is 0.970 bits per heavy atom. The molecule has 0 aliphatic carbocycles. The van der Waals surface area contributed by atoms with Crippen LogP contribution in [-0.4, -0.2) is 25.1 Å². The average Bonchev–Trinajstić information content (AvgIpc) is 2.83. The van der Waals surface area contributed by atoms with Crippen LogP contribution < -0.4 is 20.2 Å². The molecule has 3 rings (SSSR count). The van der Waals surface area contributed by atoms with Crippen LogP contribution in [0.1, 0.15) is 16.7 Å². The van der Waals surface area contributed by atoms with Crippen molar-refractivity contribution >= 4 is 45.6 Å². The van der Waals surface area contributed by atoms with Gasteiger partial charge < -0.3 is 14.8 Å². The minimum atomic E-state index is -0.873. The minimum Gasteiger partial charge on any atom is -0.493 e. The third-order valence-electron chi connectivity index (χ3n) is 4.45. The highest BCUT2D eigenvalue weighted by Crippen LogP contribution is 2.28. The van der Waals surface area contributed by atoms with Gasteiger partial charge in [-0.1, -0.05) is 51.8 Å². The Morgan fingerprint density at radius 2 is 1.67 bits per heavy atom. The zero-order chi connectivity index (χ0) is 23.6. The Morgan fingerprint density at radius 3 is 2.36 bits per heavy atom. The topological polar surface area (TPSA) is 89.0 Å². The number of nitrogens with zero attached hydrogens (tertiary/aromatic N) is 1. The summed E-state index contributed by atoms with van der Waals surface area (Å²) in [5.74, 6) is -0.579. The van der Waals surface area contributed by atoms with Gasteiger partial charge in [-0.3, -0.25) is 9.59 Å². The predicted molar refractivity (Wildman–Crippen MR) is 131 cm³/mol. The monoisotopic (exact) mass is 529 g/mol. The molecular weight excluding hydrogens is 510 g/mol. The van der Waals surface area contributed by atoms with Crippen molar-refractivity contribution < 1.29 is 19.1 Å². The maximum Gasteiger partial charge on any atom is 0.329 e. The number of carbonyl (C=O) groups excluding carboxylic acids is 2. The van der Waals surface area contributed by atoms with Crippen molar-refractivity contribution in [1.29, 1.82) is 0 Å². The van der Waals surface area contributed by atoms with E-state index in [9.17, 15) is 9.59 Å². The molecule has 0 unspecified atom stereocenters. The first-order valence-electron chi connectivity index (χ1n) is 9.85. The number of methoxy groups -OCH3 is 1. The number of hydrazone groups is 1. The fourth-order valence-electron chi connectivity index (χ4n) is 2.71. The van der Waals surface area contributed by atoms with E-state index < -0.39 is 11.8 Å². The lowest BCUT2D eigenvalue weighted by Crippen LogP contribution is -2.37. The molecule has 0 aliphatic heterocycles. The molecular formula is C24H21BrClN3O4. The zero-order valence-corrected chi connectivity index (χ0v) is 20.0. The van der Waals surface area contributed by atoms with Gasteiger partial charge >= 0.3 is 11.8 Å². The predicted octanol–water partition coefficient (Wildman–Crippen LogP) is 4.46. The maximum atomic E-state index is 11.9. The first kappa shape index (κ1) is 24.3. The Labute approximate surface area is 204 Å². The van der Waals surface area contributed by atoms with Crippen LogP contribution >= 0.6 is 27.5 Å². The molecule has 9 heteroatoms. The molecule has 0 atom stereocenters. The van der Waals surface area contributed by atoms with E-state index in [2.05, 4.69) is 31.8 Å². The second-order valence-electron chi connectivity index (χ2n) is 6.83. The maximum absolute atomic E-state index is 11.9. The van der Waals surface area contributed by atoms with Crippen molar-refractivity contribution in [3.8, 4) is 11.5 Å². The molecule has 0 spiro atoms. The summed E-state index contributed by atoms with van der Waals surface area (Å²) < 4.78 is 12.2. The quantitative estimate of drug-likeness (QED) is 0.256. The van der Waals surface area contributed by atoms with Crippen LogP contribution in [0.2, 0.25) is 5.02 Å². The number of rotatable bonds is 8. The molecule has 0 heterocycles. The standard InChI is InChI=1S/C24H21BrClN3O4/c1-32-22-12-18(6-11-21(22)33-15-17-2-7-19(25)8-3-17)14-28-29-24(31)23(30)27-13-16-4-9-20(26)10-5-16/h2-12,14H,13,15H2,1H3,(H,27,30)(H,29,31)/b28-14-. The molecule has 0 saturated heterocycles. The van der Waals surface area contributed by atoms with E-state index in [0.29, 0.717) is 28.7 Å². The Hall–Kier alpha value is -3.36. The van der Waals surface area contributed by atoms with Crippen molar-refractivity contribution in [2.75, 3.05) is 7.11 Å². The summed E-state index contributed by atoms with van der Waals surface area (Å²) in [6, 6.07) is 20.0. The number of halogens is 2. The van der Waals surface area contributed by atoms with Gasteiger partial charge in [-0.2, -0.15) is 5.10 Å². The third-order valence-corrected chi connectivity index (χ3v) is 5.23. The molecule has 0 aromatic heterocycles. The van der Waals surface area contributed by atoms with E-state index in [1.54, 1.807) is 42.5 Å². The van der Waals surface area contributed by atoms with E-state index in [-0.39, 0.29) is 6.54 Å².